The van der Waals surface area contributed by atoms with E-state index in [2.05, 4.69) is 12.2 Å². The molecule has 21 heavy (non-hydrogen) atoms. The highest BCUT2D eigenvalue weighted by Crippen LogP contribution is 2.40. The Kier molecular flexibility index (Phi) is 8.84. The number of nitrogens with two attached hydrogens (primary N) is 1. The summed E-state index contributed by atoms with van der Waals surface area (Å²) in [6.07, 6.45) is 3.86. The Morgan fingerprint density at radius 1 is 1.24 bits per heavy atom. The van der Waals surface area contributed by atoms with Crippen LogP contribution >= 0.6 is 0 Å². The van der Waals surface area contributed by atoms with E-state index in [9.17, 15) is 4.79 Å². The summed E-state index contributed by atoms with van der Waals surface area (Å²) in [5.41, 5.74) is 4.94. The van der Waals surface area contributed by atoms with E-state index in [4.69, 9.17) is 19.9 Å². The third-order valence-corrected chi connectivity index (χ3v) is 3.74. The van der Waals surface area contributed by atoms with Crippen molar-refractivity contribution in [1.29, 1.82) is 0 Å². The summed E-state index contributed by atoms with van der Waals surface area (Å²) in [5, 5.41) is 3.32. The molecular weight excluding hydrogens is 272 g/mol. The average Bonchev–Trinajstić information content (AvgIpc) is 3.30. The maximum atomic E-state index is 11.9. The topological polar surface area (TPSA) is 82.8 Å². The average molecular weight is 302 g/mol. The molecule has 0 saturated heterocycles. The Morgan fingerprint density at radius 3 is 2.52 bits per heavy atom. The summed E-state index contributed by atoms with van der Waals surface area (Å²) in [7, 11) is 1.65. The van der Waals surface area contributed by atoms with Crippen LogP contribution in [0.25, 0.3) is 0 Å². The fraction of sp³-hybridized carbons (Fsp3) is 0.933. The van der Waals surface area contributed by atoms with Gasteiger partial charge in [0.05, 0.1) is 19.8 Å². The van der Waals surface area contributed by atoms with Crippen LogP contribution in [0.2, 0.25) is 0 Å². The third kappa shape index (κ3) is 6.30. The third-order valence-electron chi connectivity index (χ3n) is 3.74. The highest BCUT2D eigenvalue weighted by molar-refractivity contribution is 5.85. The van der Waals surface area contributed by atoms with Gasteiger partial charge in [0.25, 0.3) is 0 Å². The van der Waals surface area contributed by atoms with Crippen LogP contribution in [0.5, 0.6) is 0 Å². The Bertz CT molecular complexity index is 297. The van der Waals surface area contributed by atoms with Crippen molar-refractivity contribution in [3.63, 3.8) is 0 Å². The summed E-state index contributed by atoms with van der Waals surface area (Å²) < 4.78 is 16.0. The first-order valence-corrected chi connectivity index (χ1v) is 7.86. The van der Waals surface area contributed by atoms with Crippen molar-refractivity contribution in [2.75, 3.05) is 46.7 Å². The number of carbonyl (C=O) groups is 1. The molecule has 1 rings (SSSR count). The van der Waals surface area contributed by atoms with Gasteiger partial charge in [-0.3, -0.25) is 4.79 Å². The molecule has 124 valence electrons. The summed E-state index contributed by atoms with van der Waals surface area (Å²) in [6, 6.07) is 0. The zero-order valence-electron chi connectivity index (χ0n) is 13.4. The number of rotatable bonds is 14. The second-order valence-electron chi connectivity index (χ2n) is 5.55. The minimum absolute atomic E-state index is 0.296. The maximum absolute atomic E-state index is 11.9. The van der Waals surface area contributed by atoms with Gasteiger partial charge < -0.3 is 25.3 Å². The zero-order chi connectivity index (χ0) is 15.6. The summed E-state index contributed by atoms with van der Waals surface area (Å²) in [6.45, 7) is 5.62. The van der Waals surface area contributed by atoms with E-state index in [1.54, 1.807) is 7.11 Å². The second-order valence-corrected chi connectivity index (χ2v) is 5.55. The van der Waals surface area contributed by atoms with Crippen molar-refractivity contribution in [3.05, 3.63) is 0 Å². The van der Waals surface area contributed by atoms with E-state index in [0.717, 1.165) is 32.2 Å². The van der Waals surface area contributed by atoms with Gasteiger partial charge in [-0.2, -0.15) is 0 Å². The van der Waals surface area contributed by atoms with Gasteiger partial charge in [-0.25, -0.2) is 0 Å². The van der Waals surface area contributed by atoms with Gasteiger partial charge in [-0.15, -0.1) is 0 Å². The van der Waals surface area contributed by atoms with E-state index in [0.29, 0.717) is 39.0 Å². The largest absolute Gasteiger partial charge is 0.382 e. The van der Waals surface area contributed by atoms with Gasteiger partial charge >= 0.3 is 0 Å². The van der Waals surface area contributed by atoms with E-state index in [-0.39, 0.29) is 5.91 Å². The molecule has 6 nitrogen and oxygen atoms in total. The number of ether oxygens (including phenoxy) is 3. The molecule has 6 heteroatoms. The van der Waals surface area contributed by atoms with Crippen LogP contribution in [0, 0.1) is 5.92 Å². The number of carbonyl (C=O) groups excluding carboxylic acids is 1. The lowest BCUT2D eigenvalue weighted by Crippen LogP contribution is -2.60. The zero-order valence-corrected chi connectivity index (χ0v) is 13.4. The molecule has 1 aliphatic carbocycles. The normalized spacial score (nSPS) is 17.6. The van der Waals surface area contributed by atoms with Crippen LogP contribution in [0.15, 0.2) is 0 Å². The molecule has 1 unspecified atom stereocenters. The molecule has 3 N–H and O–H groups in total. The van der Waals surface area contributed by atoms with E-state index in [1.165, 1.54) is 0 Å². The van der Waals surface area contributed by atoms with Gasteiger partial charge in [0, 0.05) is 20.3 Å². The van der Waals surface area contributed by atoms with E-state index < -0.39 is 5.54 Å². The van der Waals surface area contributed by atoms with Crippen LogP contribution in [0.3, 0.4) is 0 Å². The molecule has 1 atom stereocenters. The van der Waals surface area contributed by atoms with E-state index >= 15 is 0 Å². The molecule has 0 bridgehead atoms. The van der Waals surface area contributed by atoms with Crippen molar-refractivity contribution in [1.82, 2.24) is 5.32 Å². The second kappa shape index (κ2) is 10.1. The highest BCUT2D eigenvalue weighted by atomic mass is 16.5. The first-order valence-electron chi connectivity index (χ1n) is 7.86. The summed E-state index contributed by atoms with van der Waals surface area (Å²) in [5.74, 6) is 0.0225. The van der Waals surface area contributed by atoms with Crippen molar-refractivity contribution in [3.8, 4) is 0 Å². The van der Waals surface area contributed by atoms with E-state index in [1.807, 2.05) is 0 Å². The molecule has 0 aromatic carbocycles. The van der Waals surface area contributed by atoms with Crippen LogP contribution in [-0.4, -0.2) is 58.1 Å². The first-order chi connectivity index (χ1) is 10.2. The molecule has 1 aliphatic rings. The van der Waals surface area contributed by atoms with Crippen LogP contribution in [0.4, 0.5) is 0 Å². The molecule has 0 aliphatic heterocycles. The Morgan fingerprint density at radius 2 is 1.95 bits per heavy atom. The number of hydrogen-bond acceptors (Lipinski definition) is 5. The SMILES string of the molecule is CCCNC(COCCCOCCOC)(C(N)=O)C1CC1. The van der Waals surface area contributed by atoms with Crippen molar-refractivity contribution in [2.45, 2.75) is 38.1 Å². The Labute approximate surface area is 127 Å². The van der Waals surface area contributed by atoms with Gasteiger partial charge in [0.1, 0.15) is 5.54 Å². The fourth-order valence-electron chi connectivity index (χ4n) is 2.34. The standard InChI is InChI=1S/C15H30N2O4/c1-3-7-17-15(14(16)18,13-5-6-13)12-21-9-4-8-20-11-10-19-2/h13,17H,3-12H2,1-2H3,(H2,16,18). The summed E-state index contributed by atoms with van der Waals surface area (Å²) in [4.78, 5) is 11.9. The van der Waals surface area contributed by atoms with Crippen molar-refractivity contribution >= 4 is 5.91 Å². The molecule has 0 spiro atoms. The number of nitrogens with one attached hydrogen (secondary N) is 1. The molecule has 0 aromatic rings. The predicted molar refractivity (Wildman–Crippen MR) is 81.1 cm³/mol. The molecule has 1 amide bonds. The van der Waals surface area contributed by atoms with Gasteiger partial charge in [0.2, 0.25) is 5.91 Å². The smallest absolute Gasteiger partial charge is 0.240 e. The lowest BCUT2D eigenvalue weighted by atomic mass is 9.93. The first kappa shape index (κ1) is 18.4. The van der Waals surface area contributed by atoms with Crippen LogP contribution in [0.1, 0.15) is 32.6 Å². The highest BCUT2D eigenvalue weighted by Gasteiger charge is 2.49. The molecule has 0 heterocycles. The Balaban J connectivity index is 2.25. The fourth-order valence-corrected chi connectivity index (χ4v) is 2.34. The number of methoxy groups -OCH3 is 1. The lowest BCUT2D eigenvalue weighted by Gasteiger charge is -2.31. The molecular formula is C15H30N2O4. The van der Waals surface area contributed by atoms with Crippen molar-refractivity contribution in [2.24, 2.45) is 11.7 Å². The quantitative estimate of drug-likeness (QED) is 0.461. The van der Waals surface area contributed by atoms with Crippen LogP contribution in [-0.2, 0) is 19.0 Å². The van der Waals surface area contributed by atoms with Gasteiger partial charge in [-0.05, 0) is 38.1 Å². The van der Waals surface area contributed by atoms with Gasteiger partial charge in [0.15, 0.2) is 0 Å². The van der Waals surface area contributed by atoms with Crippen LogP contribution < -0.4 is 11.1 Å². The van der Waals surface area contributed by atoms with Crippen molar-refractivity contribution < 1.29 is 19.0 Å². The molecule has 0 radical (unpaired) electrons. The minimum Gasteiger partial charge on any atom is -0.382 e. The predicted octanol–water partition coefficient (Wildman–Crippen LogP) is 0.690. The maximum Gasteiger partial charge on any atom is 0.240 e. The molecule has 0 aromatic heterocycles. The number of primary amides is 1. The lowest BCUT2D eigenvalue weighted by molar-refractivity contribution is -0.128. The van der Waals surface area contributed by atoms with Gasteiger partial charge in [-0.1, -0.05) is 6.92 Å². The molecule has 1 saturated carbocycles. The molecule has 1 fully saturated rings. The monoisotopic (exact) mass is 302 g/mol. The minimum atomic E-state index is -0.688. The Hall–Kier alpha value is -0.690. The number of hydrogen-bond donors (Lipinski definition) is 2. The summed E-state index contributed by atoms with van der Waals surface area (Å²) >= 11 is 0. The number of amides is 1.